The van der Waals surface area contributed by atoms with Gasteiger partial charge in [0.05, 0.1) is 0 Å². The molecule has 2 N–H and O–H groups in total. The van der Waals surface area contributed by atoms with Gasteiger partial charge in [0.2, 0.25) is 0 Å². The second kappa shape index (κ2) is 4.55. The number of nitrogens with one attached hydrogen (secondary N) is 2. The maximum Gasteiger partial charge on any atom is 0.251 e. The molecule has 0 aliphatic heterocycles. The third-order valence-corrected chi connectivity index (χ3v) is 5.22. The van der Waals surface area contributed by atoms with Crippen molar-refractivity contribution in [3.05, 3.63) is 29.8 Å². The van der Waals surface area contributed by atoms with E-state index in [1.165, 1.54) is 0 Å². The van der Waals surface area contributed by atoms with Crippen LogP contribution in [0.15, 0.2) is 24.3 Å². The van der Waals surface area contributed by atoms with E-state index in [0.717, 1.165) is 17.8 Å². The number of carbonyl (C=O) groups excluding carboxylic acids is 1. The molecule has 1 fully saturated rings. The van der Waals surface area contributed by atoms with Crippen molar-refractivity contribution in [2.45, 2.75) is 27.7 Å². The molecular formula is C16H24N2O. The van der Waals surface area contributed by atoms with Crippen molar-refractivity contribution in [2.24, 2.45) is 16.7 Å². The summed E-state index contributed by atoms with van der Waals surface area (Å²) in [5.74, 6) is 0.571. The highest BCUT2D eigenvalue weighted by molar-refractivity contribution is 5.94. The monoisotopic (exact) mass is 260 g/mol. The molecule has 1 amide bonds. The molecule has 19 heavy (non-hydrogen) atoms. The normalized spacial score (nSPS) is 19.8. The zero-order valence-electron chi connectivity index (χ0n) is 12.5. The second-order valence-electron chi connectivity index (χ2n) is 6.53. The molecule has 1 aliphatic carbocycles. The Balaban J connectivity index is 1.92. The lowest BCUT2D eigenvalue weighted by Gasteiger charge is -2.07. The van der Waals surface area contributed by atoms with Gasteiger partial charge in [-0.15, -0.1) is 0 Å². The van der Waals surface area contributed by atoms with Crippen LogP contribution in [-0.4, -0.2) is 19.5 Å². The highest BCUT2D eigenvalue weighted by atomic mass is 16.1. The van der Waals surface area contributed by atoms with Crippen molar-refractivity contribution >= 4 is 11.6 Å². The zero-order valence-corrected chi connectivity index (χ0v) is 12.5. The summed E-state index contributed by atoms with van der Waals surface area (Å²) in [6, 6.07) is 7.54. The quantitative estimate of drug-likeness (QED) is 0.873. The Bertz CT molecular complexity index is 460. The first-order valence-electron chi connectivity index (χ1n) is 6.86. The lowest BCUT2D eigenvalue weighted by atomic mass is 10.0. The minimum Gasteiger partial charge on any atom is -0.388 e. The highest BCUT2D eigenvalue weighted by Crippen LogP contribution is 2.67. The summed E-state index contributed by atoms with van der Waals surface area (Å²) < 4.78 is 0. The Labute approximate surface area is 115 Å². The number of benzene rings is 1. The topological polar surface area (TPSA) is 41.1 Å². The van der Waals surface area contributed by atoms with Gasteiger partial charge in [0.15, 0.2) is 0 Å². The molecule has 1 aromatic rings. The van der Waals surface area contributed by atoms with Gasteiger partial charge in [0, 0.05) is 24.8 Å². The molecule has 0 radical (unpaired) electrons. The molecule has 1 saturated carbocycles. The average Bonchev–Trinajstić information content (AvgIpc) is 2.77. The third-order valence-electron chi connectivity index (χ3n) is 5.22. The second-order valence-corrected chi connectivity index (χ2v) is 6.53. The molecule has 0 heterocycles. The van der Waals surface area contributed by atoms with Crippen molar-refractivity contribution in [1.29, 1.82) is 0 Å². The highest BCUT2D eigenvalue weighted by Gasteiger charge is 2.64. The smallest absolute Gasteiger partial charge is 0.251 e. The maximum atomic E-state index is 12.1. The number of carbonyl (C=O) groups is 1. The summed E-state index contributed by atoms with van der Waals surface area (Å²) in [6.07, 6.45) is 0. The Kier molecular flexibility index (Phi) is 3.33. The average molecular weight is 260 g/mol. The van der Waals surface area contributed by atoms with Gasteiger partial charge in [0.1, 0.15) is 0 Å². The van der Waals surface area contributed by atoms with Gasteiger partial charge in [-0.2, -0.15) is 0 Å². The Morgan fingerprint density at radius 2 is 1.63 bits per heavy atom. The molecule has 104 valence electrons. The number of amides is 1. The van der Waals surface area contributed by atoms with E-state index in [9.17, 15) is 4.79 Å². The van der Waals surface area contributed by atoms with Crippen LogP contribution in [0, 0.1) is 16.7 Å². The minimum atomic E-state index is 0.0150. The van der Waals surface area contributed by atoms with E-state index in [0.29, 0.717) is 16.7 Å². The first-order valence-corrected chi connectivity index (χ1v) is 6.86. The molecule has 3 heteroatoms. The van der Waals surface area contributed by atoms with Crippen LogP contribution in [0.1, 0.15) is 38.1 Å². The van der Waals surface area contributed by atoms with Crippen molar-refractivity contribution in [3.8, 4) is 0 Å². The summed E-state index contributed by atoms with van der Waals surface area (Å²) >= 11 is 0. The van der Waals surface area contributed by atoms with Gasteiger partial charge in [-0.3, -0.25) is 4.79 Å². The van der Waals surface area contributed by atoms with E-state index in [4.69, 9.17) is 0 Å². The predicted octanol–water partition coefficient (Wildman–Crippen LogP) is 3.14. The van der Waals surface area contributed by atoms with Gasteiger partial charge in [-0.25, -0.2) is 0 Å². The standard InChI is InChI=1S/C16H24N2O/c1-15(2)13(16(15,3)4)10-18-14(19)11-6-8-12(17-5)9-7-11/h6-9,13,17H,10H2,1-5H3,(H,18,19). The molecule has 0 bridgehead atoms. The number of hydrogen-bond acceptors (Lipinski definition) is 2. The van der Waals surface area contributed by atoms with E-state index in [1.807, 2.05) is 31.3 Å². The van der Waals surface area contributed by atoms with E-state index in [1.54, 1.807) is 0 Å². The lowest BCUT2D eigenvalue weighted by molar-refractivity contribution is 0.0950. The third kappa shape index (κ3) is 2.34. The van der Waals surface area contributed by atoms with Crippen molar-refractivity contribution in [3.63, 3.8) is 0 Å². The van der Waals surface area contributed by atoms with Crippen LogP contribution in [0.3, 0.4) is 0 Å². The predicted molar refractivity (Wildman–Crippen MR) is 79.4 cm³/mol. The molecule has 1 aliphatic rings. The minimum absolute atomic E-state index is 0.0150. The zero-order chi connectivity index (χ0) is 14.3. The van der Waals surface area contributed by atoms with Crippen LogP contribution >= 0.6 is 0 Å². The Morgan fingerprint density at radius 3 is 2.05 bits per heavy atom. The van der Waals surface area contributed by atoms with Crippen LogP contribution in [0.25, 0.3) is 0 Å². The molecule has 3 nitrogen and oxygen atoms in total. The van der Waals surface area contributed by atoms with Crippen LogP contribution in [0.4, 0.5) is 5.69 Å². The molecule has 1 aromatic carbocycles. The Morgan fingerprint density at radius 1 is 1.11 bits per heavy atom. The van der Waals surface area contributed by atoms with Gasteiger partial charge >= 0.3 is 0 Å². The van der Waals surface area contributed by atoms with Gasteiger partial charge < -0.3 is 10.6 Å². The van der Waals surface area contributed by atoms with E-state index in [-0.39, 0.29) is 5.91 Å². The molecule has 0 saturated heterocycles. The first kappa shape index (κ1) is 13.9. The SMILES string of the molecule is CNc1ccc(C(=O)NCC2C(C)(C)C2(C)C)cc1. The van der Waals surface area contributed by atoms with Crippen LogP contribution in [-0.2, 0) is 0 Å². The Hall–Kier alpha value is -1.51. The van der Waals surface area contributed by atoms with Gasteiger partial charge in [-0.1, -0.05) is 27.7 Å². The van der Waals surface area contributed by atoms with E-state index >= 15 is 0 Å². The molecule has 0 aromatic heterocycles. The van der Waals surface area contributed by atoms with E-state index in [2.05, 4.69) is 38.3 Å². The molecular weight excluding hydrogens is 236 g/mol. The van der Waals surface area contributed by atoms with Gasteiger partial charge in [0.25, 0.3) is 5.91 Å². The number of rotatable bonds is 4. The summed E-state index contributed by atoms with van der Waals surface area (Å²) in [4.78, 5) is 12.1. The fourth-order valence-corrected chi connectivity index (χ4v) is 2.93. The molecule has 2 rings (SSSR count). The van der Waals surface area contributed by atoms with Crippen LogP contribution in [0.5, 0.6) is 0 Å². The van der Waals surface area contributed by atoms with Crippen LogP contribution < -0.4 is 10.6 Å². The maximum absolute atomic E-state index is 12.1. The van der Waals surface area contributed by atoms with Crippen molar-refractivity contribution < 1.29 is 4.79 Å². The van der Waals surface area contributed by atoms with E-state index < -0.39 is 0 Å². The fourth-order valence-electron chi connectivity index (χ4n) is 2.93. The fraction of sp³-hybridized carbons (Fsp3) is 0.562. The summed E-state index contributed by atoms with van der Waals surface area (Å²) in [6.45, 7) is 9.83. The van der Waals surface area contributed by atoms with Crippen molar-refractivity contribution in [2.75, 3.05) is 18.9 Å². The molecule has 0 spiro atoms. The first-order chi connectivity index (χ1) is 8.80. The number of hydrogen-bond donors (Lipinski definition) is 2. The van der Waals surface area contributed by atoms with Crippen LogP contribution in [0.2, 0.25) is 0 Å². The lowest BCUT2D eigenvalue weighted by Crippen LogP contribution is -2.27. The summed E-state index contributed by atoms with van der Waals surface area (Å²) in [5, 5.41) is 6.09. The van der Waals surface area contributed by atoms with Gasteiger partial charge in [-0.05, 0) is 41.0 Å². The molecule has 0 unspecified atom stereocenters. The molecule has 0 atom stereocenters. The van der Waals surface area contributed by atoms with Crippen molar-refractivity contribution in [1.82, 2.24) is 5.32 Å². The largest absolute Gasteiger partial charge is 0.388 e. The number of anilines is 1. The summed E-state index contributed by atoms with van der Waals surface area (Å²) in [7, 11) is 1.87. The summed E-state index contributed by atoms with van der Waals surface area (Å²) in [5.41, 5.74) is 2.36.